The third-order valence-electron chi connectivity index (χ3n) is 5.86. The van der Waals surface area contributed by atoms with Crippen molar-refractivity contribution in [1.82, 2.24) is 4.73 Å². The molecule has 7 heteroatoms. The molecule has 1 aromatic heterocycles. The number of nitrogens with zero attached hydrogens (tertiary/aromatic N) is 2. The van der Waals surface area contributed by atoms with E-state index in [0.717, 1.165) is 30.4 Å². The number of benzene rings is 1. The Bertz CT molecular complexity index is 959. The Morgan fingerprint density at radius 1 is 1.09 bits per heavy atom. The van der Waals surface area contributed by atoms with Gasteiger partial charge in [0.15, 0.2) is 11.3 Å². The predicted octanol–water partition coefficient (Wildman–Crippen LogP) is 4.18. The van der Waals surface area contributed by atoms with Crippen LogP contribution in [-0.4, -0.2) is 41.4 Å². The van der Waals surface area contributed by atoms with Gasteiger partial charge in [0.2, 0.25) is 0 Å². The Labute approximate surface area is 188 Å². The molecule has 0 aliphatic heterocycles. The van der Waals surface area contributed by atoms with Crippen LogP contribution < -0.4 is 10.2 Å². The fourth-order valence-corrected chi connectivity index (χ4v) is 4.24. The number of ether oxygens (including phenoxy) is 2. The van der Waals surface area contributed by atoms with Gasteiger partial charge in [-0.3, -0.25) is 14.6 Å². The molecule has 2 aromatic rings. The summed E-state index contributed by atoms with van der Waals surface area (Å²) in [5.41, 5.74) is 0.866. The molecule has 0 bridgehead atoms. The maximum absolute atomic E-state index is 12.9. The van der Waals surface area contributed by atoms with Crippen LogP contribution >= 0.6 is 0 Å². The molecule has 1 saturated carbocycles. The van der Waals surface area contributed by atoms with E-state index in [1.807, 2.05) is 6.07 Å². The van der Waals surface area contributed by atoms with Crippen molar-refractivity contribution in [3.63, 3.8) is 0 Å². The number of rotatable bonds is 11. The van der Waals surface area contributed by atoms with Gasteiger partial charge >= 0.3 is 5.97 Å². The first-order valence-corrected chi connectivity index (χ1v) is 11.3. The first-order chi connectivity index (χ1) is 15.5. The largest absolute Gasteiger partial charge is 0.494 e. The first-order valence-electron chi connectivity index (χ1n) is 11.3. The van der Waals surface area contributed by atoms with E-state index in [1.54, 1.807) is 43.3 Å². The van der Waals surface area contributed by atoms with Crippen molar-refractivity contribution in [2.24, 2.45) is 10.4 Å². The Balaban J connectivity index is 1.49. The molecule has 1 heterocycles. The third kappa shape index (κ3) is 6.70. The molecule has 0 amide bonds. The van der Waals surface area contributed by atoms with E-state index in [9.17, 15) is 14.8 Å². The maximum atomic E-state index is 12.9. The molecular formula is C25H32N2O5. The summed E-state index contributed by atoms with van der Waals surface area (Å²) in [4.78, 5) is 29.2. The molecule has 0 spiro atoms. The van der Waals surface area contributed by atoms with Gasteiger partial charge < -0.3 is 14.7 Å². The van der Waals surface area contributed by atoms with E-state index in [2.05, 4.69) is 4.99 Å². The lowest BCUT2D eigenvalue weighted by Crippen LogP contribution is -2.26. The minimum absolute atomic E-state index is 0.0571. The number of hydrogen-bond donors (Lipinski definition) is 1. The number of aromatic nitrogens is 1. The van der Waals surface area contributed by atoms with Crippen LogP contribution in [0.3, 0.4) is 0 Å². The number of hydrogen-bond acceptors (Lipinski definition) is 6. The van der Waals surface area contributed by atoms with Crippen LogP contribution in [0.2, 0.25) is 0 Å². The van der Waals surface area contributed by atoms with Crippen LogP contribution in [0.1, 0.15) is 62.2 Å². The normalized spacial score (nSPS) is 15.5. The monoisotopic (exact) mass is 440 g/mol. The van der Waals surface area contributed by atoms with Crippen LogP contribution in [0.5, 0.6) is 5.75 Å². The average Bonchev–Trinajstić information content (AvgIpc) is 3.23. The van der Waals surface area contributed by atoms with Crippen LogP contribution in [0.25, 0.3) is 0 Å². The zero-order valence-electron chi connectivity index (χ0n) is 18.7. The molecule has 172 valence electrons. The van der Waals surface area contributed by atoms with Gasteiger partial charge in [0.1, 0.15) is 5.75 Å². The molecule has 0 atom stereocenters. The summed E-state index contributed by atoms with van der Waals surface area (Å²) in [6.45, 7) is 3.18. The second-order valence-corrected chi connectivity index (χ2v) is 8.30. The van der Waals surface area contributed by atoms with Gasteiger partial charge in [0.25, 0.3) is 0 Å². The Kier molecular flexibility index (Phi) is 8.48. The van der Waals surface area contributed by atoms with Crippen molar-refractivity contribution < 1.29 is 24.3 Å². The number of pyridine rings is 1. The maximum Gasteiger partial charge on any atom is 0.306 e. The summed E-state index contributed by atoms with van der Waals surface area (Å²) in [7, 11) is 0. The van der Waals surface area contributed by atoms with Gasteiger partial charge in [0.05, 0.1) is 19.6 Å². The number of esters is 1. The van der Waals surface area contributed by atoms with Crippen molar-refractivity contribution in [1.29, 1.82) is 0 Å². The molecule has 1 fully saturated rings. The molecule has 3 rings (SSSR count). The lowest BCUT2D eigenvalue weighted by atomic mass is 9.77. The number of carbonyl (C=O) groups is 2. The van der Waals surface area contributed by atoms with Crippen LogP contribution in [0.15, 0.2) is 53.7 Å². The van der Waals surface area contributed by atoms with Crippen molar-refractivity contribution in [3.05, 3.63) is 59.7 Å². The second kappa shape index (κ2) is 11.5. The Morgan fingerprint density at radius 3 is 2.53 bits per heavy atom. The second-order valence-electron chi connectivity index (χ2n) is 8.30. The average molecular weight is 441 g/mol. The topological polar surface area (TPSA) is 90.1 Å². The minimum atomic E-state index is -0.270. The quantitative estimate of drug-likeness (QED) is 0.245. The van der Waals surface area contributed by atoms with Gasteiger partial charge in [-0.25, -0.2) is 0 Å². The molecule has 1 aromatic carbocycles. The van der Waals surface area contributed by atoms with Crippen LogP contribution in [0.4, 0.5) is 0 Å². The van der Waals surface area contributed by atoms with Gasteiger partial charge in [-0.05, 0) is 61.6 Å². The Hall–Kier alpha value is -3.09. The molecule has 0 unspecified atom stereocenters. The van der Waals surface area contributed by atoms with Crippen molar-refractivity contribution in [3.8, 4) is 5.75 Å². The summed E-state index contributed by atoms with van der Waals surface area (Å²) in [5, 5.41) is 9.63. The number of carbonyl (C=O) groups excluding carboxylic acids is 2. The number of ketones is 1. The molecule has 32 heavy (non-hydrogen) atoms. The Morgan fingerprint density at radius 2 is 1.84 bits per heavy atom. The van der Waals surface area contributed by atoms with Gasteiger partial charge in [-0.2, -0.15) is 4.73 Å². The highest BCUT2D eigenvalue weighted by atomic mass is 16.5. The fraction of sp³-hybridized carbons (Fsp3) is 0.480. The first kappa shape index (κ1) is 23.6. The van der Waals surface area contributed by atoms with E-state index < -0.39 is 0 Å². The standard InChI is InChI=1S/C25H32N2O5/c1-2-31-24(29)19-25(13-4-5-14-25)18-22(28)20-9-11-21(12-10-20)32-17-7-15-26-23-8-3-6-16-27(23)30/h3,6,8-12,16,30H,2,4-5,7,13-15,17-19H2,1H3. The van der Waals surface area contributed by atoms with Crippen molar-refractivity contribution in [2.45, 2.75) is 51.9 Å². The van der Waals surface area contributed by atoms with E-state index in [-0.39, 0.29) is 17.2 Å². The molecule has 1 N–H and O–H groups in total. The third-order valence-corrected chi connectivity index (χ3v) is 5.86. The lowest BCUT2D eigenvalue weighted by molar-refractivity contribution is -0.145. The predicted molar refractivity (Wildman–Crippen MR) is 120 cm³/mol. The zero-order chi connectivity index (χ0) is 22.8. The van der Waals surface area contributed by atoms with E-state index >= 15 is 0 Å². The zero-order valence-corrected chi connectivity index (χ0v) is 18.7. The summed E-state index contributed by atoms with van der Waals surface area (Å²) in [6, 6.07) is 12.5. The van der Waals surface area contributed by atoms with E-state index in [0.29, 0.717) is 55.8 Å². The highest BCUT2D eigenvalue weighted by molar-refractivity contribution is 5.96. The summed E-state index contributed by atoms with van der Waals surface area (Å²) in [6.07, 6.45) is 6.81. The molecule has 0 radical (unpaired) electrons. The molecule has 1 aliphatic carbocycles. The summed E-state index contributed by atoms with van der Waals surface area (Å²) >= 11 is 0. The highest BCUT2D eigenvalue weighted by Crippen LogP contribution is 2.45. The van der Waals surface area contributed by atoms with Crippen LogP contribution in [-0.2, 0) is 9.53 Å². The van der Waals surface area contributed by atoms with Crippen LogP contribution in [0, 0.1) is 5.41 Å². The molecule has 1 aliphatic rings. The van der Waals surface area contributed by atoms with E-state index in [1.165, 1.54) is 6.20 Å². The van der Waals surface area contributed by atoms with Gasteiger partial charge in [-0.15, -0.1) is 0 Å². The molecule has 7 nitrogen and oxygen atoms in total. The van der Waals surface area contributed by atoms with Crippen molar-refractivity contribution >= 4 is 11.8 Å². The number of Topliss-reactive ketones (excluding diaryl/α,β-unsaturated/α-hetero) is 1. The summed E-state index contributed by atoms with van der Waals surface area (Å²) < 4.78 is 11.9. The molecular weight excluding hydrogens is 408 g/mol. The SMILES string of the molecule is CCOC(=O)CC1(CC(=O)c2ccc(OCCCN=c3ccccn3O)cc2)CCCC1. The summed E-state index contributed by atoms with van der Waals surface area (Å²) in [5.74, 6) is 0.543. The van der Waals surface area contributed by atoms with E-state index in [4.69, 9.17) is 9.47 Å². The fourth-order valence-electron chi connectivity index (χ4n) is 4.24. The molecule has 0 saturated heterocycles. The lowest BCUT2D eigenvalue weighted by Gasteiger charge is -2.27. The van der Waals surface area contributed by atoms with Gasteiger partial charge in [0, 0.05) is 31.1 Å². The van der Waals surface area contributed by atoms with Gasteiger partial charge in [-0.1, -0.05) is 18.9 Å². The van der Waals surface area contributed by atoms with Crippen molar-refractivity contribution in [2.75, 3.05) is 19.8 Å². The highest BCUT2D eigenvalue weighted by Gasteiger charge is 2.38. The minimum Gasteiger partial charge on any atom is -0.494 e. The smallest absolute Gasteiger partial charge is 0.306 e.